The molecule has 2 amide bonds. The van der Waals surface area contributed by atoms with Gasteiger partial charge >= 0.3 is 6.18 Å². The lowest BCUT2D eigenvalue weighted by molar-refractivity contribution is -0.149. The predicted octanol–water partition coefficient (Wildman–Crippen LogP) is 2.66. The Bertz CT molecular complexity index is 1910. The zero-order valence-corrected chi connectivity index (χ0v) is 25.0. The molecule has 0 unspecified atom stereocenters. The first kappa shape index (κ1) is 31.5. The van der Waals surface area contributed by atoms with Crippen LogP contribution in [-0.2, 0) is 28.7 Å². The number of fused-ring (bicyclic) bond motifs is 1. The van der Waals surface area contributed by atoms with Crippen molar-refractivity contribution in [2.24, 2.45) is 11.1 Å². The molecule has 14 nitrogen and oxygen atoms in total. The number of nitrogens with two attached hydrogens (primary N) is 1. The van der Waals surface area contributed by atoms with Gasteiger partial charge in [0.15, 0.2) is 22.9 Å². The number of nitrogens with one attached hydrogen (secondary N) is 2. The highest BCUT2D eigenvalue weighted by Crippen LogP contribution is 2.47. The molecule has 1 aromatic carbocycles. The molecule has 6 rings (SSSR count). The summed E-state index contributed by atoms with van der Waals surface area (Å²) in [6, 6.07) is 4.93. The number of halogens is 3. The van der Waals surface area contributed by atoms with Gasteiger partial charge in [-0.25, -0.2) is 9.97 Å². The van der Waals surface area contributed by atoms with Crippen LogP contribution in [0.4, 0.5) is 24.7 Å². The number of ether oxygens (including phenoxy) is 1. The lowest BCUT2D eigenvalue weighted by Gasteiger charge is -2.58. The van der Waals surface area contributed by atoms with Crippen molar-refractivity contribution in [3.63, 3.8) is 0 Å². The van der Waals surface area contributed by atoms with Crippen molar-refractivity contribution in [1.82, 2.24) is 34.4 Å². The fourth-order valence-corrected chi connectivity index (χ4v) is 6.39. The largest absolute Gasteiger partial charge is 0.435 e. The van der Waals surface area contributed by atoms with E-state index in [2.05, 4.69) is 25.7 Å². The highest BCUT2D eigenvalue weighted by molar-refractivity contribution is 5.99. The van der Waals surface area contributed by atoms with E-state index in [1.165, 1.54) is 35.1 Å². The van der Waals surface area contributed by atoms with Crippen molar-refractivity contribution < 1.29 is 32.3 Å². The van der Waals surface area contributed by atoms with Crippen LogP contribution in [0.2, 0.25) is 0 Å². The molecule has 2 fully saturated rings. The van der Waals surface area contributed by atoms with E-state index in [1.807, 2.05) is 0 Å². The molecule has 3 aromatic heterocycles. The van der Waals surface area contributed by atoms with E-state index in [1.54, 1.807) is 17.9 Å². The van der Waals surface area contributed by atoms with E-state index in [9.17, 15) is 27.6 Å². The van der Waals surface area contributed by atoms with Gasteiger partial charge in [0.25, 0.3) is 12.4 Å². The van der Waals surface area contributed by atoms with Crippen molar-refractivity contribution in [3.8, 4) is 23.1 Å². The standard InChI is InChI=1S/C30H29F3N10O4/c1-2-18-19(28(46)38-12-23(45)41-14-29(15-41)9-17(35)10-29)3-4-21(24(18)47-16-44)39-26-27-37-11-22(43(27)8-6-36-26)20-13-42(7-5-34)40-25(20)30(31,32)33/h3-4,6,8,11,13,16-17H,2,7,9-10,12,14-15,35H2,1H3,(H,36,39)(H,38,46). The molecular weight excluding hydrogens is 621 g/mol. The van der Waals surface area contributed by atoms with Crippen LogP contribution in [0.5, 0.6) is 5.75 Å². The number of imidazole rings is 1. The summed E-state index contributed by atoms with van der Waals surface area (Å²) in [4.78, 5) is 47.6. The third kappa shape index (κ3) is 5.83. The number of carbonyl (C=O) groups excluding carboxylic acids is 3. The summed E-state index contributed by atoms with van der Waals surface area (Å²) < 4.78 is 49.1. The summed E-state index contributed by atoms with van der Waals surface area (Å²) in [5.74, 6) is -0.602. The van der Waals surface area contributed by atoms with E-state index in [-0.39, 0.29) is 83.1 Å². The van der Waals surface area contributed by atoms with Crippen LogP contribution in [0.15, 0.2) is 36.9 Å². The number of hydrogen-bond acceptors (Lipinski definition) is 10. The first-order valence-corrected chi connectivity index (χ1v) is 14.7. The van der Waals surface area contributed by atoms with Gasteiger partial charge in [0.1, 0.15) is 6.54 Å². The number of hydrogen-bond donors (Lipinski definition) is 3. The summed E-state index contributed by atoms with van der Waals surface area (Å²) in [5, 5.41) is 18.2. The Balaban J connectivity index is 1.25. The van der Waals surface area contributed by atoms with Gasteiger partial charge in [0, 0.05) is 54.3 Å². The summed E-state index contributed by atoms with van der Waals surface area (Å²) in [5.41, 5.74) is 5.51. The molecule has 0 bridgehead atoms. The minimum absolute atomic E-state index is 0.0280. The second-order valence-corrected chi connectivity index (χ2v) is 11.6. The third-order valence-corrected chi connectivity index (χ3v) is 8.44. The van der Waals surface area contributed by atoms with E-state index in [4.69, 9.17) is 15.7 Å². The summed E-state index contributed by atoms with van der Waals surface area (Å²) in [7, 11) is 0. The maximum absolute atomic E-state index is 13.8. The van der Waals surface area contributed by atoms with Crippen LogP contribution in [0.1, 0.15) is 41.4 Å². The second kappa shape index (κ2) is 12.0. The maximum atomic E-state index is 13.8. The zero-order valence-electron chi connectivity index (χ0n) is 25.0. The Morgan fingerprint density at radius 1 is 1.26 bits per heavy atom. The number of benzene rings is 1. The van der Waals surface area contributed by atoms with Gasteiger partial charge in [0.05, 0.1) is 35.8 Å². The molecule has 17 heteroatoms. The number of anilines is 2. The van der Waals surface area contributed by atoms with Crippen molar-refractivity contribution in [3.05, 3.63) is 53.7 Å². The van der Waals surface area contributed by atoms with E-state index in [0.29, 0.717) is 18.7 Å². The van der Waals surface area contributed by atoms with E-state index >= 15 is 0 Å². The second-order valence-electron chi connectivity index (χ2n) is 11.6. The molecule has 4 heterocycles. The number of nitrogens with zero attached hydrogens (tertiary/aromatic N) is 7. The van der Waals surface area contributed by atoms with Gasteiger partial charge in [-0.05, 0) is 31.4 Å². The maximum Gasteiger partial charge on any atom is 0.435 e. The molecule has 0 atom stereocenters. The average molecular weight is 651 g/mol. The molecule has 1 aliphatic heterocycles. The Labute approximate surface area is 265 Å². The Morgan fingerprint density at radius 2 is 2.02 bits per heavy atom. The fraction of sp³-hybridized carbons (Fsp3) is 0.367. The Morgan fingerprint density at radius 3 is 2.68 bits per heavy atom. The molecule has 4 aromatic rings. The average Bonchev–Trinajstić information content (AvgIpc) is 3.63. The van der Waals surface area contributed by atoms with Gasteiger partial charge in [-0.2, -0.15) is 23.5 Å². The minimum Gasteiger partial charge on any atom is -0.426 e. The molecule has 1 spiro atoms. The van der Waals surface area contributed by atoms with Crippen molar-refractivity contribution >= 4 is 35.4 Å². The molecule has 244 valence electrons. The summed E-state index contributed by atoms with van der Waals surface area (Å²) in [6.45, 7) is 2.63. The van der Waals surface area contributed by atoms with Crippen molar-refractivity contribution in [1.29, 1.82) is 5.26 Å². The number of rotatable bonds is 10. The predicted molar refractivity (Wildman–Crippen MR) is 159 cm³/mol. The van der Waals surface area contributed by atoms with Crippen LogP contribution >= 0.6 is 0 Å². The van der Waals surface area contributed by atoms with Crippen LogP contribution in [0.3, 0.4) is 0 Å². The quantitative estimate of drug-likeness (QED) is 0.216. The molecule has 1 aliphatic carbocycles. The number of amides is 2. The Kier molecular flexibility index (Phi) is 8.05. The van der Waals surface area contributed by atoms with Gasteiger partial charge in [-0.3, -0.25) is 23.5 Å². The van der Waals surface area contributed by atoms with Crippen LogP contribution in [0, 0.1) is 16.7 Å². The summed E-state index contributed by atoms with van der Waals surface area (Å²) >= 11 is 0. The van der Waals surface area contributed by atoms with Crippen LogP contribution in [0.25, 0.3) is 16.9 Å². The lowest BCUT2D eigenvalue weighted by atomic mass is 9.61. The smallest absolute Gasteiger partial charge is 0.426 e. The monoisotopic (exact) mass is 650 g/mol. The van der Waals surface area contributed by atoms with E-state index < -0.39 is 17.8 Å². The van der Waals surface area contributed by atoms with Crippen LogP contribution < -0.4 is 21.1 Å². The number of carbonyl (C=O) groups is 3. The molecule has 2 aliphatic rings. The van der Waals surface area contributed by atoms with Gasteiger partial charge in [-0.15, -0.1) is 0 Å². The molecular formula is C30H29F3N10O4. The van der Waals surface area contributed by atoms with Gasteiger partial charge in [-0.1, -0.05) is 6.92 Å². The van der Waals surface area contributed by atoms with Gasteiger partial charge in [0.2, 0.25) is 5.91 Å². The molecule has 47 heavy (non-hydrogen) atoms. The fourth-order valence-electron chi connectivity index (χ4n) is 6.39. The molecule has 0 radical (unpaired) electrons. The molecule has 4 N–H and O–H groups in total. The minimum atomic E-state index is -4.80. The van der Waals surface area contributed by atoms with Crippen LogP contribution in [-0.4, -0.2) is 73.0 Å². The number of nitriles is 1. The zero-order chi connectivity index (χ0) is 33.5. The SMILES string of the molecule is CCc1c(C(=O)NCC(=O)N2CC3(CC(N)C3)C2)ccc(Nc2nccn3c(-c4cn(CC#N)nc4C(F)(F)F)cnc23)c1OC=O. The van der Waals surface area contributed by atoms with Crippen molar-refractivity contribution in [2.75, 3.05) is 25.0 Å². The molecule has 1 saturated carbocycles. The topological polar surface area (TPSA) is 186 Å². The third-order valence-electron chi connectivity index (χ3n) is 8.44. The Hall–Kier alpha value is -5.50. The number of likely N-dealkylation sites (tertiary alicyclic amines) is 1. The molecule has 1 saturated heterocycles. The van der Waals surface area contributed by atoms with Gasteiger partial charge < -0.3 is 26.0 Å². The number of alkyl halides is 3. The van der Waals surface area contributed by atoms with E-state index in [0.717, 1.165) is 23.7 Å². The first-order valence-electron chi connectivity index (χ1n) is 14.7. The highest BCUT2D eigenvalue weighted by Gasteiger charge is 2.52. The number of aromatic nitrogens is 5. The van der Waals surface area contributed by atoms with Crippen molar-refractivity contribution in [2.45, 2.75) is 44.9 Å². The first-order chi connectivity index (χ1) is 22.5. The lowest BCUT2D eigenvalue weighted by Crippen LogP contribution is -2.67. The highest BCUT2D eigenvalue weighted by atomic mass is 19.4. The summed E-state index contributed by atoms with van der Waals surface area (Å²) in [6.07, 6.45) is 2.35. The normalized spacial score (nSPS) is 15.5.